The van der Waals surface area contributed by atoms with E-state index >= 15 is 0 Å². The molecule has 4 nitrogen and oxygen atoms in total. The molecule has 0 aliphatic heterocycles. The van der Waals surface area contributed by atoms with Crippen molar-refractivity contribution in [2.75, 3.05) is 0 Å². The molecule has 0 saturated carbocycles. The van der Waals surface area contributed by atoms with Gasteiger partial charge in [-0.1, -0.05) is 36.4 Å². The molecule has 0 aromatic heterocycles. The Labute approximate surface area is 135 Å². The molecule has 0 atom stereocenters. The van der Waals surface area contributed by atoms with Crippen molar-refractivity contribution < 1.29 is 35.3 Å². The molecule has 0 saturated heterocycles. The lowest BCUT2D eigenvalue weighted by Gasteiger charge is -2.35. The first-order chi connectivity index (χ1) is 10.8. The van der Waals surface area contributed by atoms with Crippen LogP contribution < -0.4 is 0 Å². The first-order valence-corrected chi connectivity index (χ1v) is 8.09. The van der Waals surface area contributed by atoms with Gasteiger partial charge >= 0.3 is 11.4 Å². The Kier molecular flexibility index (Phi) is 4.41. The Balaban J connectivity index is 2.42. The minimum atomic E-state index is -6.61. The van der Waals surface area contributed by atoms with E-state index in [1.54, 1.807) is 30.3 Å². The molecule has 0 unspecified atom stereocenters. The second-order valence-corrected chi connectivity index (χ2v) is 7.08. The number of fused-ring (bicyclic) bond motifs is 1. The molecule has 2 aromatic carbocycles. The fourth-order valence-corrected chi connectivity index (χ4v) is 2.48. The summed E-state index contributed by atoms with van der Waals surface area (Å²) < 4.78 is 89.1. The molecular weight excluding hydrogens is 352 g/mol. The van der Waals surface area contributed by atoms with Gasteiger partial charge in [0.1, 0.15) is 0 Å². The van der Waals surface area contributed by atoms with Crippen LogP contribution in [-0.4, -0.2) is 24.3 Å². The van der Waals surface area contributed by atoms with Crippen molar-refractivity contribution in [3.8, 4) is 0 Å². The van der Waals surface area contributed by atoms with E-state index in [4.69, 9.17) is 0 Å². The Morgan fingerprint density at radius 1 is 0.958 bits per heavy atom. The van der Waals surface area contributed by atoms with E-state index in [2.05, 4.69) is 4.74 Å². The van der Waals surface area contributed by atoms with Crippen LogP contribution in [0.25, 0.3) is 10.8 Å². The quantitative estimate of drug-likeness (QED) is 0.597. The second kappa shape index (κ2) is 5.68. The van der Waals surface area contributed by atoms with Gasteiger partial charge in [0.05, 0.1) is 5.60 Å². The monoisotopic (exact) mass is 365 g/mol. The van der Waals surface area contributed by atoms with Gasteiger partial charge < -0.3 is 9.29 Å². The molecule has 0 aliphatic carbocycles. The fraction of sp³-hybridized carbons (Fsp3) is 0.333. The van der Waals surface area contributed by atoms with Crippen molar-refractivity contribution in [1.29, 1.82) is 0 Å². The van der Waals surface area contributed by atoms with Crippen molar-refractivity contribution in [3.05, 3.63) is 48.0 Å². The van der Waals surface area contributed by atoms with Crippen molar-refractivity contribution in [3.63, 3.8) is 0 Å². The number of halogens is 4. The molecule has 9 heteroatoms. The van der Waals surface area contributed by atoms with Crippen LogP contribution in [0.15, 0.2) is 42.5 Å². The molecule has 0 bridgehead atoms. The lowest BCUT2D eigenvalue weighted by molar-refractivity contribution is -0.355. The van der Waals surface area contributed by atoms with E-state index in [0.29, 0.717) is 5.39 Å². The summed E-state index contributed by atoms with van der Waals surface area (Å²) in [6.45, 7) is 2.14. The summed E-state index contributed by atoms with van der Waals surface area (Å²) >= 11 is 0. The minimum Gasteiger partial charge on any atom is -0.743 e. The molecule has 2 aromatic rings. The molecule has 0 fully saturated rings. The number of hydrogen-bond acceptors (Lipinski definition) is 4. The predicted molar refractivity (Wildman–Crippen MR) is 77.7 cm³/mol. The van der Waals surface area contributed by atoms with Crippen LogP contribution in [-0.2, 0) is 20.5 Å². The molecule has 0 spiro atoms. The molecule has 0 heterocycles. The lowest BCUT2D eigenvalue weighted by atomic mass is 9.95. The van der Waals surface area contributed by atoms with Gasteiger partial charge in [0.2, 0.25) is 0 Å². The molecule has 2 rings (SSSR count). The zero-order chi connectivity index (χ0) is 18.4. The minimum absolute atomic E-state index is 0.111. The maximum absolute atomic E-state index is 13.6. The van der Waals surface area contributed by atoms with E-state index < -0.39 is 27.1 Å². The van der Waals surface area contributed by atoms with Crippen LogP contribution >= 0.6 is 0 Å². The number of alkyl halides is 4. The maximum Gasteiger partial charge on any atom is 0.434 e. The maximum atomic E-state index is 13.6. The Morgan fingerprint density at radius 2 is 1.50 bits per heavy atom. The zero-order valence-electron chi connectivity index (χ0n) is 12.6. The van der Waals surface area contributed by atoms with E-state index in [0.717, 1.165) is 19.2 Å². The van der Waals surface area contributed by atoms with Crippen LogP contribution in [0.5, 0.6) is 0 Å². The lowest BCUT2D eigenvalue weighted by Crippen LogP contribution is -2.51. The summed E-state index contributed by atoms with van der Waals surface area (Å²) in [5, 5.41) is -4.46. The van der Waals surface area contributed by atoms with Gasteiger partial charge in [-0.3, -0.25) is 0 Å². The Hall–Kier alpha value is -1.71. The summed E-state index contributed by atoms with van der Waals surface area (Å²) in [5.41, 5.74) is -1.87. The van der Waals surface area contributed by atoms with Crippen molar-refractivity contribution in [2.45, 2.75) is 30.8 Å². The summed E-state index contributed by atoms with van der Waals surface area (Å²) in [6, 6.07) is 11.3. The van der Waals surface area contributed by atoms with E-state index in [9.17, 15) is 30.5 Å². The van der Waals surface area contributed by atoms with Crippen LogP contribution in [0.1, 0.15) is 19.4 Å². The summed E-state index contributed by atoms with van der Waals surface area (Å²) in [6.07, 6.45) is -5.50. The second-order valence-electron chi connectivity index (χ2n) is 5.66. The summed E-state index contributed by atoms with van der Waals surface area (Å²) in [5.74, 6) is 0. The van der Waals surface area contributed by atoms with Crippen molar-refractivity contribution >= 4 is 20.9 Å². The third-order valence-corrected chi connectivity index (χ3v) is 4.35. The Bertz CT molecular complexity index is 863. The highest BCUT2D eigenvalue weighted by Crippen LogP contribution is 2.44. The topological polar surface area (TPSA) is 66.4 Å². The van der Waals surface area contributed by atoms with E-state index in [1.165, 1.54) is 12.1 Å². The largest absolute Gasteiger partial charge is 0.743 e. The van der Waals surface area contributed by atoms with Crippen LogP contribution in [0.2, 0.25) is 0 Å². The molecule has 24 heavy (non-hydrogen) atoms. The SMILES string of the molecule is CC(C)(OC(F)(F)C(F)(F)S(=O)(=O)[O-])c1ccc2ccccc2c1. The van der Waals surface area contributed by atoms with Crippen LogP contribution in [0.3, 0.4) is 0 Å². The number of ether oxygens (including phenoxy) is 1. The number of hydrogen-bond donors (Lipinski definition) is 0. The summed E-state index contributed by atoms with van der Waals surface area (Å²) in [7, 11) is -6.61. The van der Waals surface area contributed by atoms with Gasteiger partial charge in [-0.2, -0.15) is 17.6 Å². The molecular formula is C15H13F4O4S-. The fourth-order valence-electron chi connectivity index (χ4n) is 2.15. The highest BCUT2D eigenvalue weighted by molar-refractivity contribution is 7.86. The van der Waals surface area contributed by atoms with Gasteiger partial charge in [0.15, 0.2) is 10.1 Å². The Morgan fingerprint density at radius 3 is 2.04 bits per heavy atom. The molecule has 0 aliphatic rings. The van der Waals surface area contributed by atoms with Crippen molar-refractivity contribution in [2.24, 2.45) is 0 Å². The van der Waals surface area contributed by atoms with Gasteiger partial charge in [0.25, 0.3) is 0 Å². The van der Waals surface area contributed by atoms with Gasteiger partial charge in [-0.05, 0) is 36.2 Å². The van der Waals surface area contributed by atoms with Crippen molar-refractivity contribution in [1.82, 2.24) is 0 Å². The third-order valence-electron chi connectivity index (χ3n) is 3.48. The van der Waals surface area contributed by atoms with Crippen LogP contribution in [0, 0.1) is 0 Å². The number of benzene rings is 2. The van der Waals surface area contributed by atoms with Gasteiger partial charge in [-0.25, -0.2) is 8.42 Å². The van der Waals surface area contributed by atoms with E-state index in [-0.39, 0.29) is 5.56 Å². The average molecular weight is 365 g/mol. The van der Waals surface area contributed by atoms with Gasteiger partial charge in [0, 0.05) is 0 Å². The summed E-state index contributed by atoms with van der Waals surface area (Å²) in [4.78, 5) is 0. The first kappa shape index (κ1) is 18.6. The highest BCUT2D eigenvalue weighted by atomic mass is 32.2. The predicted octanol–water partition coefficient (Wildman–Crippen LogP) is 3.82. The van der Waals surface area contributed by atoms with Gasteiger partial charge in [-0.15, -0.1) is 0 Å². The smallest absolute Gasteiger partial charge is 0.434 e. The molecule has 0 amide bonds. The number of rotatable bonds is 5. The molecule has 132 valence electrons. The third kappa shape index (κ3) is 3.24. The molecule has 0 radical (unpaired) electrons. The first-order valence-electron chi connectivity index (χ1n) is 6.68. The normalized spacial score (nSPS) is 14.1. The molecule has 0 N–H and O–H groups in total. The standard InChI is InChI=1S/C15H14F4O4S/c1-13(2,23-14(16,17)15(18,19)24(20,21)22)12-8-7-10-5-3-4-6-11(10)9-12/h3-9H,1-2H3,(H,20,21,22)/p-1. The van der Waals surface area contributed by atoms with E-state index in [1.807, 2.05) is 0 Å². The zero-order valence-corrected chi connectivity index (χ0v) is 13.4. The average Bonchev–Trinajstić information content (AvgIpc) is 2.44. The van der Waals surface area contributed by atoms with Crippen LogP contribution in [0.4, 0.5) is 17.6 Å². The highest BCUT2D eigenvalue weighted by Gasteiger charge is 2.65.